The topological polar surface area (TPSA) is 76.7 Å². The number of carbonyl (C=O) groups excluding carboxylic acids is 1. The van der Waals surface area contributed by atoms with Crippen molar-refractivity contribution in [1.82, 2.24) is 5.32 Å². The molecule has 1 aromatic carbocycles. The maximum atomic E-state index is 11.3. The first-order chi connectivity index (χ1) is 11.1. The van der Waals surface area contributed by atoms with E-state index in [9.17, 15) is 4.79 Å². The van der Waals surface area contributed by atoms with Gasteiger partial charge in [-0.3, -0.25) is 4.99 Å². The van der Waals surface area contributed by atoms with Crippen LogP contribution in [0.15, 0.2) is 41.0 Å². The molecule has 0 saturated carbocycles. The van der Waals surface area contributed by atoms with Crippen molar-refractivity contribution in [2.75, 3.05) is 14.2 Å². The lowest BCUT2D eigenvalue weighted by molar-refractivity contribution is -0.136. The Labute approximate surface area is 140 Å². The molecular weight excluding hydrogens is 290 g/mol. The number of hydrogen-bond donors (Lipinski definition) is 2. The molecule has 0 bridgehead atoms. The zero-order valence-electron chi connectivity index (χ0n) is 15.4. The van der Waals surface area contributed by atoms with Gasteiger partial charge in [0.05, 0.1) is 13.7 Å². The highest BCUT2D eigenvalue weighted by Crippen LogP contribution is 2.05. The summed E-state index contributed by atoms with van der Waals surface area (Å²) in [7, 11) is 2.93. The van der Waals surface area contributed by atoms with Crippen LogP contribution in [0.2, 0.25) is 0 Å². The Morgan fingerprint density at radius 3 is 2.39 bits per heavy atom. The molecule has 0 aliphatic rings. The van der Waals surface area contributed by atoms with E-state index in [1.54, 1.807) is 7.05 Å². The number of nitrogens with two attached hydrogens (primary N) is 1. The number of likely N-dealkylation sites (N-methyl/N-ethyl adjacent to an activating group) is 1. The third-order valence-electron chi connectivity index (χ3n) is 2.49. The highest BCUT2D eigenvalue weighted by atomic mass is 16.5. The number of aliphatic imine (C=N–C) groups is 1. The smallest absolute Gasteiger partial charge is 0.354 e. The van der Waals surface area contributed by atoms with Gasteiger partial charge in [-0.2, -0.15) is 0 Å². The van der Waals surface area contributed by atoms with Crippen molar-refractivity contribution in [3.63, 3.8) is 0 Å². The van der Waals surface area contributed by atoms with Gasteiger partial charge in [0, 0.05) is 13.1 Å². The summed E-state index contributed by atoms with van der Waals surface area (Å²) >= 11 is 0. The molecule has 0 unspecified atom stereocenters. The van der Waals surface area contributed by atoms with Crippen LogP contribution in [0, 0.1) is 6.92 Å². The number of nitrogens with zero attached hydrogens (tertiary/aromatic N) is 1. The monoisotopic (exact) mass is 321 g/mol. The maximum absolute atomic E-state index is 11.3. The molecule has 5 nitrogen and oxygen atoms in total. The zero-order chi connectivity index (χ0) is 18.3. The van der Waals surface area contributed by atoms with Gasteiger partial charge in [0.2, 0.25) is 0 Å². The predicted octanol–water partition coefficient (Wildman–Crippen LogP) is 3.18. The number of rotatable bonds is 5. The Morgan fingerprint density at radius 2 is 1.91 bits per heavy atom. The lowest BCUT2D eigenvalue weighted by atomic mass is 10.1. The number of carbonyl (C=O) groups is 1. The molecule has 1 rings (SSSR count). The Hall–Kier alpha value is -2.30. The van der Waals surface area contributed by atoms with Gasteiger partial charge in [-0.1, -0.05) is 57.5 Å². The molecule has 3 N–H and O–H groups in total. The quantitative estimate of drug-likeness (QED) is 0.378. The van der Waals surface area contributed by atoms with E-state index in [1.165, 1.54) is 18.7 Å². The van der Waals surface area contributed by atoms with Crippen molar-refractivity contribution in [3.8, 4) is 0 Å². The van der Waals surface area contributed by atoms with E-state index in [1.807, 2.05) is 58.9 Å². The van der Waals surface area contributed by atoms with Gasteiger partial charge in [-0.25, -0.2) is 4.79 Å². The van der Waals surface area contributed by atoms with Gasteiger partial charge in [0.25, 0.3) is 0 Å². The third-order valence-corrected chi connectivity index (χ3v) is 2.49. The van der Waals surface area contributed by atoms with Gasteiger partial charge >= 0.3 is 5.97 Å². The Kier molecular flexibility index (Phi) is 14.6. The molecular formula is C18H31N3O2. The van der Waals surface area contributed by atoms with Gasteiger partial charge in [0.15, 0.2) is 0 Å². The predicted molar refractivity (Wildman–Crippen MR) is 98.4 cm³/mol. The average molecular weight is 321 g/mol. The third kappa shape index (κ3) is 10.1. The van der Waals surface area contributed by atoms with Crippen LogP contribution in [0.3, 0.4) is 0 Å². The molecule has 23 heavy (non-hydrogen) atoms. The second kappa shape index (κ2) is 14.6. The molecule has 0 aromatic heterocycles. The first-order valence-electron chi connectivity index (χ1n) is 7.90. The van der Waals surface area contributed by atoms with Crippen LogP contribution in [0.5, 0.6) is 0 Å². The zero-order valence-corrected chi connectivity index (χ0v) is 15.4. The van der Waals surface area contributed by atoms with Gasteiger partial charge < -0.3 is 15.8 Å². The van der Waals surface area contributed by atoms with Crippen molar-refractivity contribution in [1.29, 1.82) is 0 Å². The standard InChI is InChI=1S/C14H19N3O2.2C2H6/c1-10-5-4-6-11(7-10)9-17-13(15)8-12(16-2)14(18)19-3;2*1-2/h4-8,16H,9H2,1-3H3,(H2,15,17);2*1-2H3/b12-8-;;. The molecule has 0 heterocycles. The molecule has 0 aliphatic carbocycles. The van der Waals surface area contributed by atoms with Crippen molar-refractivity contribution < 1.29 is 9.53 Å². The van der Waals surface area contributed by atoms with Crippen molar-refractivity contribution in [3.05, 3.63) is 47.2 Å². The van der Waals surface area contributed by atoms with Crippen molar-refractivity contribution in [2.24, 2.45) is 10.7 Å². The maximum Gasteiger partial charge on any atom is 0.354 e. The van der Waals surface area contributed by atoms with Crippen LogP contribution in [-0.2, 0) is 16.1 Å². The van der Waals surface area contributed by atoms with Crippen LogP contribution in [0.25, 0.3) is 0 Å². The Balaban J connectivity index is 0. The minimum absolute atomic E-state index is 0.271. The van der Waals surface area contributed by atoms with E-state index < -0.39 is 5.97 Å². The molecule has 0 amide bonds. The Morgan fingerprint density at radius 1 is 1.30 bits per heavy atom. The number of amidine groups is 1. The number of methoxy groups -OCH3 is 1. The summed E-state index contributed by atoms with van der Waals surface area (Å²) in [6.45, 7) is 10.5. The SMILES string of the molecule is CC.CC.CN/C(=C\C(N)=NCc1cccc(C)c1)C(=O)OC. The summed E-state index contributed by atoms with van der Waals surface area (Å²) in [6, 6.07) is 8.01. The summed E-state index contributed by atoms with van der Waals surface area (Å²) in [4.78, 5) is 15.5. The first-order valence-corrected chi connectivity index (χ1v) is 7.90. The average Bonchev–Trinajstić information content (AvgIpc) is 2.60. The van der Waals surface area contributed by atoms with Crippen LogP contribution in [0.1, 0.15) is 38.8 Å². The minimum atomic E-state index is -0.476. The van der Waals surface area contributed by atoms with Crippen LogP contribution >= 0.6 is 0 Å². The van der Waals surface area contributed by atoms with Crippen molar-refractivity contribution in [2.45, 2.75) is 41.2 Å². The number of esters is 1. The summed E-state index contributed by atoms with van der Waals surface area (Å²) in [5, 5.41) is 2.72. The van der Waals surface area contributed by atoms with E-state index in [2.05, 4.69) is 15.0 Å². The van der Waals surface area contributed by atoms with E-state index in [0.717, 1.165) is 5.56 Å². The van der Waals surface area contributed by atoms with E-state index >= 15 is 0 Å². The molecule has 0 saturated heterocycles. The molecule has 0 atom stereocenters. The lowest BCUT2D eigenvalue weighted by Gasteiger charge is -2.04. The van der Waals surface area contributed by atoms with Crippen LogP contribution in [0.4, 0.5) is 0 Å². The molecule has 0 radical (unpaired) electrons. The van der Waals surface area contributed by atoms with E-state index in [-0.39, 0.29) is 11.5 Å². The van der Waals surface area contributed by atoms with Gasteiger partial charge in [0.1, 0.15) is 11.5 Å². The fourth-order valence-electron chi connectivity index (χ4n) is 1.53. The lowest BCUT2D eigenvalue weighted by Crippen LogP contribution is -2.21. The molecule has 130 valence electrons. The number of benzene rings is 1. The second-order valence-corrected chi connectivity index (χ2v) is 4.03. The van der Waals surface area contributed by atoms with Gasteiger partial charge in [-0.05, 0) is 12.5 Å². The van der Waals surface area contributed by atoms with Crippen LogP contribution in [-0.4, -0.2) is 26.0 Å². The first kappa shape index (κ1) is 23.0. The highest BCUT2D eigenvalue weighted by molar-refractivity contribution is 5.99. The minimum Gasteiger partial charge on any atom is -0.464 e. The Bertz CT molecular complexity index is 509. The number of nitrogens with one attached hydrogen (secondary N) is 1. The van der Waals surface area contributed by atoms with Crippen molar-refractivity contribution >= 4 is 11.8 Å². The van der Waals surface area contributed by atoms with E-state index in [0.29, 0.717) is 6.54 Å². The normalized spacial score (nSPS) is 10.6. The number of aryl methyl sites for hydroxylation is 1. The molecule has 0 aliphatic heterocycles. The largest absolute Gasteiger partial charge is 0.464 e. The van der Waals surface area contributed by atoms with E-state index in [4.69, 9.17) is 5.73 Å². The summed E-state index contributed by atoms with van der Waals surface area (Å²) in [6.07, 6.45) is 1.46. The number of ether oxygens (including phenoxy) is 1. The molecule has 0 fully saturated rings. The molecule has 0 spiro atoms. The second-order valence-electron chi connectivity index (χ2n) is 4.03. The summed E-state index contributed by atoms with van der Waals surface area (Å²) < 4.78 is 4.60. The van der Waals surface area contributed by atoms with Gasteiger partial charge in [-0.15, -0.1) is 0 Å². The summed E-state index contributed by atoms with van der Waals surface area (Å²) in [5.74, 6) is -0.201. The highest BCUT2D eigenvalue weighted by Gasteiger charge is 2.07. The summed E-state index contributed by atoms with van der Waals surface area (Å²) in [5.41, 5.74) is 8.27. The van der Waals surface area contributed by atoms with Crippen LogP contribution < -0.4 is 11.1 Å². The number of hydrogen-bond acceptors (Lipinski definition) is 4. The fourth-order valence-corrected chi connectivity index (χ4v) is 1.53. The fraction of sp³-hybridized carbons (Fsp3) is 0.444. The molecule has 5 heteroatoms. The molecule has 1 aromatic rings.